The van der Waals surface area contributed by atoms with Crippen LogP contribution in [0.1, 0.15) is 21.6 Å². The van der Waals surface area contributed by atoms with Crippen LogP contribution in [-0.2, 0) is 6.54 Å². The molecule has 0 fully saturated rings. The van der Waals surface area contributed by atoms with E-state index in [4.69, 9.17) is 5.73 Å². The van der Waals surface area contributed by atoms with Crippen LogP contribution in [0.3, 0.4) is 0 Å². The Hall–Kier alpha value is -2.89. The number of nitrogens with zero attached hydrogens (tertiary/aromatic N) is 1. The van der Waals surface area contributed by atoms with Crippen LogP contribution in [0.25, 0.3) is 0 Å². The molecule has 6 heteroatoms. The fourth-order valence-corrected chi connectivity index (χ4v) is 1.67. The number of nitrogens with two attached hydrogens (primary N) is 1. The lowest BCUT2D eigenvalue weighted by atomic mass is 10.2. The maximum Gasteiger partial charge on any atom is 0.319 e. The van der Waals surface area contributed by atoms with E-state index >= 15 is 0 Å². The topological polar surface area (TPSA) is 97.1 Å². The van der Waals surface area contributed by atoms with E-state index in [0.29, 0.717) is 6.54 Å². The minimum absolute atomic E-state index is 0.197. The molecule has 1 heterocycles. The lowest BCUT2D eigenvalue weighted by molar-refractivity contribution is 0.0995. The second-order valence-electron chi connectivity index (χ2n) is 4.59. The van der Waals surface area contributed by atoms with Gasteiger partial charge in [-0.05, 0) is 30.7 Å². The predicted octanol–water partition coefficient (Wildman–Crippen LogP) is 1.81. The van der Waals surface area contributed by atoms with Gasteiger partial charge in [0, 0.05) is 18.4 Å². The minimum atomic E-state index is -0.577. The van der Waals surface area contributed by atoms with E-state index in [0.717, 1.165) is 16.8 Å². The van der Waals surface area contributed by atoms with Crippen molar-refractivity contribution in [3.63, 3.8) is 0 Å². The van der Waals surface area contributed by atoms with Crippen LogP contribution in [-0.4, -0.2) is 16.9 Å². The monoisotopic (exact) mass is 284 g/mol. The first-order chi connectivity index (χ1) is 10.0. The summed E-state index contributed by atoms with van der Waals surface area (Å²) in [5.74, 6) is -0.577. The Balaban J connectivity index is 1.86. The highest BCUT2D eigenvalue weighted by molar-refractivity contribution is 5.90. The van der Waals surface area contributed by atoms with E-state index in [9.17, 15) is 9.59 Å². The predicted molar refractivity (Wildman–Crippen MR) is 79.8 cm³/mol. The van der Waals surface area contributed by atoms with Crippen LogP contribution in [0.4, 0.5) is 10.5 Å². The summed E-state index contributed by atoms with van der Waals surface area (Å²) in [6.45, 7) is 2.29. The van der Waals surface area contributed by atoms with Gasteiger partial charge in [0.05, 0.1) is 0 Å². The summed E-state index contributed by atoms with van der Waals surface area (Å²) in [7, 11) is 0. The third kappa shape index (κ3) is 4.31. The summed E-state index contributed by atoms with van der Waals surface area (Å²) in [6.07, 6.45) is 1.51. The maximum atomic E-state index is 11.7. The molecule has 1 aromatic carbocycles. The highest BCUT2D eigenvalue weighted by atomic mass is 16.2. The first-order valence-electron chi connectivity index (χ1n) is 6.41. The molecule has 3 amide bonds. The summed E-state index contributed by atoms with van der Waals surface area (Å²) >= 11 is 0. The Kier molecular flexibility index (Phi) is 4.50. The Morgan fingerprint density at radius 3 is 2.43 bits per heavy atom. The zero-order valence-corrected chi connectivity index (χ0v) is 11.6. The van der Waals surface area contributed by atoms with Crippen molar-refractivity contribution in [1.82, 2.24) is 10.3 Å². The summed E-state index contributed by atoms with van der Waals surface area (Å²) in [5, 5.41) is 5.43. The average Bonchev–Trinajstić information content (AvgIpc) is 2.48. The molecule has 0 unspecified atom stereocenters. The summed E-state index contributed by atoms with van der Waals surface area (Å²) in [5.41, 5.74) is 7.92. The van der Waals surface area contributed by atoms with Gasteiger partial charge in [-0.15, -0.1) is 0 Å². The number of hydrogen-bond acceptors (Lipinski definition) is 3. The number of urea groups is 1. The van der Waals surface area contributed by atoms with Crippen LogP contribution in [0.2, 0.25) is 0 Å². The first kappa shape index (κ1) is 14.5. The highest BCUT2D eigenvalue weighted by Gasteiger charge is 2.04. The molecule has 0 spiro atoms. The van der Waals surface area contributed by atoms with Crippen LogP contribution in [0.5, 0.6) is 0 Å². The zero-order valence-electron chi connectivity index (χ0n) is 11.6. The van der Waals surface area contributed by atoms with E-state index in [1.807, 2.05) is 31.2 Å². The lowest BCUT2D eigenvalue weighted by Gasteiger charge is -2.08. The van der Waals surface area contributed by atoms with Gasteiger partial charge in [-0.1, -0.05) is 23.8 Å². The Morgan fingerprint density at radius 1 is 1.14 bits per heavy atom. The van der Waals surface area contributed by atoms with E-state index in [1.54, 1.807) is 6.07 Å². The number of pyridine rings is 1. The van der Waals surface area contributed by atoms with Gasteiger partial charge in [-0.3, -0.25) is 9.78 Å². The molecular formula is C15H16N4O2. The number of anilines is 1. The smallest absolute Gasteiger partial charge is 0.319 e. The van der Waals surface area contributed by atoms with Gasteiger partial charge >= 0.3 is 6.03 Å². The molecule has 0 bridgehead atoms. The molecular weight excluding hydrogens is 268 g/mol. The van der Waals surface area contributed by atoms with Gasteiger partial charge in [-0.25, -0.2) is 4.79 Å². The van der Waals surface area contributed by atoms with E-state index in [2.05, 4.69) is 15.6 Å². The summed E-state index contributed by atoms with van der Waals surface area (Å²) in [4.78, 5) is 26.5. The van der Waals surface area contributed by atoms with E-state index in [-0.39, 0.29) is 11.7 Å². The number of nitrogens with one attached hydrogen (secondary N) is 2. The van der Waals surface area contributed by atoms with Gasteiger partial charge in [0.2, 0.25) is 0 Å². The normalized spacial score (nSPS) is 9.95. The Labute approximate surface area is 122 Å². The largest absolute Gasteiger partial charge is 0.364 e. The van der Waals surface area contributed by atoms with Crippen molar-refractivity contribution >= 4 is 17.6 Å². The van der Waals surface area contributed by atoms with Crippen molar-refractivity contribution in [2.45, 2.75) is 13.5 Å². The molecule has 6 nitrogen and oxygen atoms in total. The van der Waals surface area contributed by atoms with Crippen LogP contribution in [0.15, 0.2) is 42.6 Å². The molecule has 2 rings (SSSR count). The van der Waals surface area contributed by atoms with Gasteiger partial charge < -0.3 is 16.4 Å². The molecule has 0 aliphatic heterocycles. The first-order valence-corrected chi connectivity index (χ1v) is 6.41. The Morgan fingerprint density at radius 2 is 1.86 bits per heavy atom. The van der Waals surface area contributed by atoms with Crippen LogP contribution in [0, 0.1) is 6.92 Å². The van der Waals surface area contributed by atoms with Crippen molar-refractivity contribution in [1.29, 1.82) is 0 Å². The van der Waals surface area contributed by atoms with Crippen LogP contribution < -0.4 is 16.4 Å². The van der Waals surface area contributed by atoms with E-state index in [1.165, 1.54) is 12.3 Å². The standard InChI is InChI=1S/C15H16N4O2/c1-10-2-5-12(6-3-10)19-15(21)18-9-11-4-7-13(14(16)20)17-8-11/h2-8H,9H2,1H3,(H2,16,20)(H2,18,19,21). The van der Waals surface area contributed by atoms with Crippen LogP contribution >= 0.6 is 0 Å². The third-order valence-electron chi connectivity index (χ3n) is 2.84. The second kappa shape index (κ2) is 6.51. The number of aryl methyl sites for hydroxylation is 1. The number of rotatable bonds is 4. The van der Waals surface area contributed by atoms with Crippen molar-refractivity contribution in [2.75, 3.05) is 5.32 Å². The molecule has 2 aromatic rings. The second-order valence-corrected chi connectivity index (χ2v) is 4.59. The third-order valence-corrected chi connectivity index (χ3v) is 2.84. The van der Waals surface area contributed by atoms with Gasteiger partial charge in [0.15, 0.2) is 0 Å². The quantitative estimate of drug-likeness (QED) is 0.798. The van der Waals surface area contributed by atoms with Gasteiger partial charge in [0.25, 0.3) is 5.91 Å². The number of aromatic nitrogens is 1. The molecule has 4 N–H and O–H groups in total. The van der Waals surface area contributed by atoms with Gasteiger partial charge in [0.1, 0.15) is 5.69 Å². The number of hydrogen-bond donors (Lipinski definition) is 3. The lowest BCUT2D eigenvalue weighted by Crippen LogP contribution is -2.28. The molecule has 0 atom stereocenters. The number of benzene rings is 1. The van der Waals surface area contributed by atoms with Crippen molar-refractivity contribution < 1.29 is 9.59 Å². The molecule has 108 valence electrons. The fraction of sp³-hybridized carbons (Fsp3) is 0.133. The number of carbonyl (C=O) groups is 2. The SMILES string of the molecule is Cc1ccc(NC(=O)NCc2ccc(C(N)=O)nc2)cc1. The minimum Gasteiger partial charge on any atom is -0.364 e. The van der Waals surface area contributed by atoms with Crippen molar-refractivity contribution in [3.8, 4) is 0 Å². The molecule has 1 aromatic heterocycles. The molecule has 0 aliphatic carbocycles. The molecule has 0 radical (unpaired) electrons. The molecule has 0 saturated heterocycles. The molecule has 0 saturated carbocycles. The number of primary amides is 1. The fourth-order valence-electron chi connectivity index (χ4n) is 1.67. The van der Waals surface area contributed by atoms with E-state index < -0.39 is 5.91 Å². The number of amides is 3. The average molecular weight is 284 g/mol. The summed E-state index contributed by atoms with van der Waals surface area (Å²) in [6, 6.07) is 10.4. The molecule has 21 heavy (non-hydrogen) atoms. The highest BCUT2D eigenvalue weighted by Crippen LogP contribution is 2.08. The zero-order chi connectivity index (χ0) is 15.2. The van der Waals surface area contributed by atoms with Gasteiger partial charge in [-0.2, -0.15) is 0 Å². The number of carbonyl (C=O) groups excluding carboxylic acids is 2. The van der Waals surface area contributed by atoms with Crippen molar-refractivity contribution in [2.24, 2.45) is 5.73 Å². The summed E-state index contributed by atoms with van der Waals surface area (Å²) < 4.78 is 0. The molecule has 0 aliphatic rings. The Bertz CT molecular complexity index is 636. The van der Waals surface area contributed by atoms with Crippen molar-refractivity contribution in [3.05, 3.63) is 59.4 Å². The maximum absolute atomic E-state index is 11.7.